The lowest BCUT2D eigenvalue weighted by Crippen LogP contribution is -2.51. The Balaban J connectivity index is 2.47. The Bertz CT molecular complexity index is 1120. The summed E-state index contributed by atoms with van der Waals surface area (Å²) in [6.45, 7) is 3.43. The Morgan fingerprint density at radius 1 is 1.06 bits per heavy atom. The summed E-state index contributed by atoms with van der Waals surface area (Å²) in [4.78, 5) is 27.6. The number of hydrogen-bond donors (Lipinski definition) is 1. The fourth-order valence-electron chi connectivity index (χ4n) is 3.69. The highest BCUT2D eigenvalue weighted by molar-refractivity contribution is 7.92. The average Bonchev–Trinajstić information content (AvgIpc) is 2.80. The van der Waals surface area contributed by atoms with Crippen LogP contribution in [0.1, 0.15) is 24.5 Å². The molecule has 2 amide bonds. The number of carbonyl (C=O) groups excluding carboxylic acids is 2. The first-order valence-corrected chi connectivity index (χ1v) is 12.7. The molecule has 2 aromatic rings. The van der Waals surface area contributed by atoms with Gasteiger partial charge in [0.2, 0.25) is 21.8 Å². The van der Waals surface area contributed by atoms with Gasteiger partial charge in [-0.1, -0.05) is 36.8 Å². The van der Waals surface area contributed by atoms with E-state index in [1.807, 2.05) is 31.2 Å². The van der Waals surface area contributed by atoms with Crippen molar-refractivity contribution in [3.8, 4) is 11.5 Å². The maximum Gasteiger partial charge on any atom is 0.244 e. The number of anilines is 1. The third-order valence-corrected chi connectivity index (χ3v) is 6.54. The topological polar surface area (TPSA) is 105 Å². The van der Waals surface area contributed by atoms with Gasteiger partial charge in [0.05, 0.1) is 26.2 Å². The predicted octanol–water partition coefficient (Wildman–Crippen LogP) is 2.33. The van der Waals surface area contributed by atoms with Gasteiger partial charge in [0.1, 0.15) is 12.6 Å². The quantitative estimate of drug-likeness (QED) is 0.517. The molecule has 0 fully saturated rings. The smallest absolute Gasteiger partial charge is 0.244 e. The first-order chi connectivity index (χ1) is 16.0. The third-order valence-electron chi connectivity index (χ3n) is 5.40. The first-order valence-electron chi connectivity index (χ1n) is 10.8. The van der Waals surface area contributed by atoms with Crippen molar-refractivity contribution in [1.82, 2.24) is 10.2 Å². The molecular weight excluding hydrogens is 458 g/mol. The van der Waals surface area contributed by atoms with Gasteiger partial charge in [-0.05, 0) is 31.0 Å². The van der Waals surface area contributed by atoms with Gasteiger partial charge >= 0.3 is 0 Å². The molecule has 0 unspecified atom stereocenters. The van der Waals surface area contributed by atoms with E-state index in [2.05, 4.69) is 5.32 Å². The summed E-state index contributed by atoms with van der Waals surface area (Å²) in [5, 5.41) is 2.60. The summed E-state index contributed by atoms with van der Waals surface area (Å²) in [7, 11) is 0.582. The Morgan fingerprint density at radius 3 is 2.26 bits per heavy atom. The van der Waals surface area contributed by atoms with Crippen LogP contribution in [0, 0.1) is 6.92 Å². The van der Waals surface area contributed by atoms with E-state index >= 15 is 0 Å². The molecule has 1 N–H and O–H groups in total. The van der Waals surface area contributed by atoms with E-state index in [1.165, 1.54) is 38.3 Å². The molecule has 0 radical (unpaired) electrons. The molecular formula is C24H33N3O6S. The third kappa shape index (κ3) is 6.63. The van der Waals surface area contributed by atoms with E-state index in [-0.39, 0.29) is 18.1 Å². The molecule has 0 aliphatic rings. The standard InChI is InChI=1S/C24H33N3O6S/c1-7-20(24(29)25-3)26(15-18-10-8-9-17(2)13-18)23(28)16-27(34(6,30)31)19-11-12-21(32-4)22(14-19)33-5/h8-14,20H,7,15-16H2,1-6H3,(H,25,29)/t20-/m1/s1. The lowest BCUT2D eigenvalue weighted by Gasteiger charge is -2.32. The van der Waals surface area contributed by atoms with Crippen LogP contribution in [0.15, 0.2) is 42.5 Å². The molecule has 9 nitrogen and oxygen atoms in total. The van der Waals surface area contributed by atoms with Crippen LogP contribution in [0.4, 0.5) is 5.69 Å². The van der Waals surface area contributed by atoms with Gasteiger partial charge in [-0.25, -0.2) is 8.42 Å². The maximum atomic E-state index is 13.5. The minimum Gasteiger partial charge on any atom is -0.493 e. The van der Waals surface area contributed by atoms with E-state index in [1.54, 1.807) is 13.0 Å². The molecule has 0 aliphatic heterocycles. The lowest BCUT2D eigenvalue weighted by molar-refractivity contribution is -0.140. The molecule has 0 saturated heterocycles. The van der Waals surface area contributed by atoms with E-state index in [9.17, 15) is 18.0 Å². The molecule has 0 aromatic heterocycles. The molecule has 0 aliphatic carbocycles. The summed E-state index contributed by atoms with van der Waals surface area (Å²) >= 11 is 0. The van der Waals surface area contributed by atoms with Crippen molar-refractivity contribution in [1.29, 1.82) is 0 Å². The number of methoxy groups -OCH3 is 2. The van der Waals surface area contributed by atoms with Crippen LogP contribution in [0.2, 0.25) is 0 Å². The largest absolute Gasteiger partial charge is 0.493 e. The number of likely N-dealkylation sites (N-methyl/N-ethyl adjacent to an activating group) is 1. The zero-order valence-electron chi connectivity index (χ0n) is 20.5. The predicted molar refractivity (Wildman–Crippen MR) is 132 cm³/mol. The number of nitrogens with zero attached hydrogens (tertiary/aromatic N) is 2. The van der Waals surface area contributed by atoms with Crippen LogP contribution in [-0.2, 0) is 26.2 Å². The van der Waals surface area contributed by atoms with Crippen LogP contribution in [0.3, 0.4) is 0 Å². The molecule has 0 spiro atoms. The highest BCUT2D eigenvalue weighted by Crippen LogP contribution is 2.32. The number of nitrogens with one attached hydrogen (secondary N) is 1. The van der Waals surface area contributed by atoms with Crippen LogP contribution in [0.5, 0.6) is 11.5 Å². The highest BCUT2D eigenvalue weighted by Gasteiger charge is 2.31. The van der Waals surface area contributed by atoms with Crippen LogP contribution in [-0.4, -0.2) is 65.2 Å². The minimum absolute atomic E-state index is 0.163. The Hall–Kier alpha value is -3.27. The van der Waals surface area contributed by atoms with Gasteiger partial charge < -0.3 is 19.7 Å². The van der Waals surface area contributed by atoms with E-state index in [4.69, 9.17) is 9.47 Å². The monoisotopic (exact) mass is 491 g/mol. The van der Waals surface area contributed by atoms with Crippen molar-refractivity contribution in [2.24, 2.45) is 0 Å². The van der Waals surface area contributed by atoms with Crippen molar-refractivity contribution in [3.63, 3.8) is 0 Å². The van der Waals surface area contributed by atoms with Crippen molar-refractivity contribution >= 4 is 27.5 Å². The maximum absolute atomic E-state index is 13.5. The zero-order valence-corrected chi connectivity index (χ0v) is 21.3. The second kappa shape index (κ2) is 11.7. The fourth-order valence-corrected chi connectivity index (χ4v) is 4.53. The Morgan fingerprint density at radius 2 is 1.74 bits per heavy atom. The number of aryl methyl sites for hydroxylation is 1. The van der Waals surface area contributed by atoms with E-state index in [0.717, 1.165) is 21.7 Å². The lowest BCUT2D eigenvalue weighted by atomic mass is 10.1. The number of sulfonamides is 1. The fraction of sp³-hybridized carbons (Fsp3) is 0.417. The number of benzene rings is 2. The van der Waals surface area contributed by atoms with Crippen LogP contribution >= 0.6 is 0 Å². The van der Waals surface area contributed by atoms with Gasteiger partial charge in [0.15, 0.2) is 11.5 Å². The molecule has 34 heavy (non-hydrogen) atoms. The van der Waals surface area contributed by atoms with Gasteiger partial charge in [0.25, 0.3) is 0 Å². The molecule has 0 saturated carbocycles. The highest BCUT2D eigenvalue weighted by atomic mass is 32.2. The normalized spacial score (nSPS) is 11.9. The first kappa shape index (κ1) is 27.0. The van der Waals surface area contributed by atoms with Crippen molar-refractivity contribution in [2.45, 2.75) is 32.9 Å². The summed E-state index contributed by atoms with van der Waals surface area (Å²) in [6.07, 6.45) is 1.39. The van der Waals surface area contributed by atoms with Crippen molar-refractivity contribution in [3.05, 3.63) is 53.6 Å². The van der Waals surface area contributed by atoms with Gasteiger partial charge in [-0.2, -0.15) is 0 Å². The summed E-state index contributed by atoms with van der Waals surface area (Å²) in [5.41, 5.74) is 2.10. The van der Waals surface area contributed by atoms with E-state index in [0.29, 0.717) is 17.9 Å². The van der Waals surface area contributed by atoms with Gasteiger partial charge in [0, 0.05) is 19.7 Å². The molecule has 0 bridgehead atoms. The van der Waals surface area contributed by atoms with Crippen molar-refractivity contribution < 1.29 is 27.5 Å². The zero-order chi connectivity index (χ0) is 25.5. The summed E-state index contributed by atoms with van der Waals surface area (Å²) in [6, 6.07) is 11.5. The van der Waals surface area contributed by atoms with Crippen LogP contribution in [0.25, 0.3) is 0 Å². The number of rotatable bonds is 11. The molecule has 2 aromatic carbocycles. The molecule has 186 valence electrons. The number of carbonyl (C=O) groups is 2. The molecule has 1 atom stereocenters. The average molecular weight is 492 g/mol. The van der Waals surface area contributed by atoms with E-state index < -0.39 is 28.5 Å². The second-order valence-corrected chi connectivity index (χ2v) is 9.76. The summed E-state index contributed by atoms with van der Waals surface area (Å²) in [5.74, 6) is -0.0648. The van der Waals surface area contributed by atoms with Crippen molar-refractivity contribution in [2.75, 3.05) is 38.4 Å². The second-order valence-electron chi connectivity index (χ2n) is 7.86. The Kier molecular flexibility index (Phi) is 9.31. The molecule has 2 rings (SSSR count). The van der Waals surface area contributed by atoms with Gasteiger partial charge in [-0.3, -0.25) is 13.9 Å². The minimum atomic E-state index is -3.84. The Labute approximate surface area is 201 Å². The number of amides is 2. The van der Waals surface area contributed by atoms with Gasteiger partial charge in [-0.15, -0.1) is 0 Å². The van der Waals surface area contributed by atoms with Crippen LogP contribution < -0.4 is 19.1 Å². The summed E-state index contributed by atoms with van der Waals surface area (Å²) < 4.78 is 36.9. The molecule has 10 heteroatoms. The number of hydrogen-bond acceptors (Lipinski definition) is 6. The number of ether oxygens (including phenoxy) is 2. The SMILES string of the molecule is CC[C@H](C(=O)NC)N(Cc1cccc(C)c1)C(=O)CN(c1ccc(OC)c(OC)c1)S(C)(=O)=O. The molecule has 0 heterocycles.